The Hall–Kier alpha value is -1.01. The number of carbonyl (C=O) groups is 2. The van der Waals surface area contributed by atoms with Crippen molar-refractivity contribution in [1.82, 2.24) is 5.32 Å². The summed E-state index contributed by atoms with van der Waals surface area (Å²) in [5, 5.41) is 11.4. The van der Waals surface area contributed by atoms with Gasteiger partial charge in [0.2, 0.25) is 0 Å². The topological polar surface area (TPSA) is 66.4 Å². The molecule has 0 bridgehead atoms. The van der Waals surface area contributed by atoms with Gasteiger partial charge in [-0.15, -0.1) is 11.3 Å². The maximum atomic E-state index is 12.0. The van der Waals surface area contributed by atoms with Gasteiger partial charge in [0.1, 0.15) is 0 Å². The van der Waals surface area contributed by atoms with Gasteiger partial charge in [0.25, 0.3) is 5.91 Å². The molecule has 6 heteroatoms. The van der Waals surface area contributed by atoms with Crippen molar-refractivity contribution in [3.8, 4) is 0 Å². The van der Waals surface area contributed by atoms with Crippen LogP contribution in [0.3, 0.4) is 0 Å². The third-order valence-electron chi connectivity index (χ3n) is 2.71. The van der Waals surface area contributed by atoms with Crippen molar-refractivity contribution >= 4 is 35.0 Å². The Balaban J connectivity index is 2.00. The molecule has 2 rings (SSSR count). The normalized spacial score (nSPS) is 15.8. The molecule has 1 unspecified atom stereocenters. The molecule has 0 aliphatic carbocycles. The molecular weight excluding hydrogens is 270 g/mol. The SMILES string of the molecule is CC(CC(=O)O)NC(=O)c1cc2c(s1)CCSC2. The summed E-state index contributed by atoms with van der Waals surface area (Å²) in [5.74, 6) is 1.03. The molecular formula is C12H15NO3S2. The number of hydrogen-bond donors (Lipinski definition) is 2. The van der Waals surface area contributed by atoms with Crippen LogP contribution in [0, 0.1) is 0 Å². The van der Waals surface area contributed by atoms with E-state index in [-0.39, 0.29) is 18.4 Å². The first-order valence-corrected chi connectivity index (χ1v) is 7.75. The predicted molar refractivity (Wildman–Crippen MR) is 73.4 cm³/mol. The lowest BCUT2D eigenvalue weighted by atomic mass is 10.2. The number of rotatable bonds is 4. The minimum Gasteiger partial charge on any atom is -0.481 e. The van der Waals surface area contributed by atoms with E-state index in [0.29, 0.717) is 4.88 Å². The highest BCUT2D eigenvalue weighted by atomic mass is 32.2. The van der Waals surface area contributed by atoms with Gasteiger partial charge in [0.15, 0.2) is 0 Å². The number of aliphatic carboxylic acids is 1. The number of thioether (sulfide) groups is 1. The average molecular weight is 285 g/mol. The third-order valence-corrected chi connectivity index (χ3v) is 4.95. The van der Waals surface area contributed by atoms with Gasteiger partial charge in [-0.1, -0.05) is 0 Å². The lowest BCUT2D eigenvalue weighted by Gasteiger charge is -2.09. The van der Waals surface area contributed by atoms with Crippen LogP contribution < -0.4 is 5.32 Å². The smallest absolute Gasteiger partial charge is 0.305 e. The molecule has 4 nitrogen and oxygen atoms in total. The molecule has 2 N–H and O–H groups in total. The number of carboxylic acid groups (broad SMARTS) is 1. The molecule has 1 atom stereocenters. The second kappa shape index (κ2) is 5.75. The van der Waals surface area contributed by atoms with Gasteiger partial charge in [-0.25, -0.2) is 0 Å². The molecule has 1 amide bonds. The number of hydrogen-bond acceptors (Lipinski definition) is 4. The van der Waals surface area contributed by atoms with Crippen LogP contribution in [0.1, 0.15) is 33.5 Å². The van der Waals surface area contributed by atoms with Crippen molar-refractivity contribution in [1.29, 1.82) is 0 Å². The van der Waals surface area contributed by atoms with Gasteiger partial charge < -0.3 is 10.4 Å². The first-order chi connectivity index (χ1) is 8.56. The van der Waals surface area contributed by atoms with Crippen molar-refractivity contribution in [2.45, 2.75) is 31.6 Å². The maximum Gasteiger partial charge on any atom is 0.305 e. The van der Waals surface area contributed by atoms with Crippen LogP contribution in [0.5, 0.6) is 0 Å². The van der Waals surface area contributed by atoms with E-state index in [0.717, 1.165) is 17.9 Å². The summed E-state index contributed by atoms with van der Waals surface area (Å²) in [7, 11) is 0. The summed E-state index contributed by atoms with van der Waals surface area (Å²) in [6, 6.07) is 1.60. The molecule has 1 aromatic heterocycles. The standard InChI is InChI=1S/C12H15NO3S2/c1-7(4-11(14)15)13-12(16)10-5-8-6-17-3-2-9(8)18-10/h5,7H,2-4,6H2,1H3,(H,13,16)(H,14,15). The zero-order valence-corrected chi connectivity index (χ0v) is 11.7. The van der Waals surface area contributed by atoms with E-state index in [1.807, 2.05) is 17.8 Å². The molecule has 0 fully saturated rings. The summed E-state index contributed by atoms with van der Waals surface area (Å²) >= 11 is 3.41. The van der Waals surface area contributed by atoms with E-state index in [1.165, 1.54) is 21.8 Å². The van der Waals surface area contributed by atoms with Crippen LogP contribution in [0.15, 0.2) is 6.07 Å². The number of carboxylic acids is 1. The Morgan fingerprint density at radius 1 is 1.56 bits per heavy atom. The molecule has 2 heterocycles. The fourth-order valence-corrected chi connectivity index (χ4v) is 4.14. The number of aryl methyl sites for hydroxylation is 1. The number of nitrogens with one attached hydrogen (secondary N) is 1. The van der Waals surface area contributed by atoms with Crippen molar-refractivity contribution in [3.05, 3.63) is 21.4 Å². The van der Waals surface area contributed by atoms with Crippen LogP contribution >= 0.6 is 23.1 Å². The molecule has 0 radical (unpaired) electrons. The fourth-order valence-electron chi connectivity index (χ4n) is 1.87. The largest absolute Gasteiger partial charge is 0.481 e. The van der Waals surface area contributed by atoms with E-state index in [9.17, 15) is 9.59 Å². The highest BCUT2D eigenvalue weighted by Crippen LogP contribution is 2.31. The lowest BCUT2D eigenvalue weighted by Crippen LogP contribution is -2.33. The molecule has 0 aromatic carbocycles. The van der Waals surface area contributed by atoms with Crippen LogP contribution in [-0.2, 0) is 17.0 Å². The van der Waals surface area contributed by atoms with Crippen molar-refractivity contribution < 1.29 is 14.7 Å². The van der Waals surface area contributed by atoms with E-state index >= 15 is 0 Å². The maximum absolute atomic E-state index is 12.0. The molecule has 0 saturated heterocycles. The van der Waals surface area contributed by atoms with Crippen molar-refractivity contribution in [3.63, 3.8) is 0 Å². The fraction of sp³-hybridized carbons (Fsp3) is 0.500. The Kier molecular flexibility index (Phi) is 4.29. The first-order valence-electron chi connectivity index (χ1n) is 5.78. The zero-order chi connectivity index (χ0) is 13.1. The number of thiophene rings is 1. The second-order valence-electron chi connectivity index (χ2n) is 4.33. The van der Waals surface area contributed by atoms with Crippen molar-refractivity contribution in [2.24, 2.45) is 0 Å². The third kappa shape index (κ3) is 3.26. The molecule has 1 aliphatic heterocycles. The van der Waals surface area contributed by atoms with Crippen LogP contribution in [-0.4, -0.2) is 28.8 Å². The number of amides is 1. The summed E-state index contributed by atoms with van der Waals surface area (Å²) in [6.07, 6.45) is 0.981. The number of carbonyl (C=O) groups excluding carboxylic acids is 1. The Labute approximate surface area is 114 Å². The van der Waals surface area contributed by atoms with Crippen molar-refractivity contribution in [2.75, 3.05) is 5.75 Å². The monoisotopic (exact) mass is 285 g/mol. The molecule has 98 valence electrons. The van der Waals surface area contributed by atoms with Crippen LogP contribution in [0.25, 0.3) is 0 Å². The van der Waals surface area contributed by atoms with Crippen LogP contribution in [0.2, 0.25) is 0 Å². The molecule has 18 heavy (non-hydrogen) atoms. The van der Waals surface area contributed by atoms with Crippen LogP contribution in [0.4, 0.5) is 0 Å². The van der Waals surface area contributed by atoms with E-state index in [4.69, 9.17) is 5.11 Å². The summed E-state index contributed by atoms with van der Waals surface area (Å²) in [4.78, 5) is 24.5. The van der Waals surface area contributed by atoms with Gasteiger partial charge in [0.05, 0.1) is 11.3 Å². The quantitative estimate of drug-likeness (QED) is 0.889. The van der Waals surface area contributed by atoms with E-state index in [1.54, 1.807) is 6.92 Å². The van der Waals surface area contributed by atoms with E-state index < -0.39 is 5.97 Å². The average Bonchev–Trinajstić information content (AvgIpc) is 2.71. The summed E-state index contributed by atoms with van der Waals surface area (Å²) in [5.41, 5.74) is 1.26. The minimum atomic E-state index is -0.898. The summed E-state index contributed by atoms with van der Waals surface area (Å²) in [6.45, 7) is 1.70. The molecule has 1 aliphatic rings. The highest BCUT2D eigenvalue weighted by molar-refractivity contribution is 7.98. The second-order valence-corrected chi connectivity index (χ2v) is 6.58. The first kappa shape index (κ1) is 13.4. The van der Waals surface area contributed by atoms with Gasteiger partial charge in [-0.3, -0.25) is 9.59 Å². The number of fused-ring (bicyclic) bond motifs is 1. The highest BCUT2D eigenvalue weighted by Gasteiger charge is 2.19. The molecule has 0 spiro atoms. The predicted octanol–water partition coefficient (Wildman–Crippen LogP) is 2.13. The van der Waals surface area contributed by atoms with Gasteiger partial charge in [-0.2, -0.15) is 11.8 Å². The zero-order valence-electron chi connectivity index (χ0n) is 10.1. The van der Waals surface area contributed by atoms with E-state index in [2.05, 4.69) is 5.32 Å². The van der Waals surface area contributed by atoms with Gasteiger partial charge >= 0.3 is 5.97 Å². The van der Waals surface area contributed by atoms with Gasteiger partial charge in [0, 0.05) is 16.7 Å². The Bertz CT molecular complexity index is 446. The minimum absolute atomic E-state index is 0.0489. The molecule has 1 aromatic rings. The van der Waals surface area contributed by atoms with Gasteiger partial charge in [-0.05, 0) is 30.7 Å². The lowest BCUT2D eigenvalue weighted by molar-refractivity contribution is -0.137. The summed E-state index contributed by atoms with van der Waals surface area (Å²) < 4.78 is 0. The molecule has 0 saturated carbocycles. The Morgan fingerprint density at radius 2 is 2.33 bits per heavy atom. The Morgan fingerprint density at radius 3 is 3.00 bits per heavy atom.